The smallest absolute Gasteiger partial charge is 0.238 e. The number of nitrogens with zero attached hydrogens (tertiary/aromatic N) is 3. The molecule has 2 aromatic heterocycles. The van der Waals surface area contributed by atoms with Crippen LogP contribution in [0.15, 0.2) is 39.6 Å². The number of carbonyl (C=O) groups is 1. The number of Topliss-reactive ketones (excluding diaryl/α,β-unsaturated/α-hetero) is 1. The van der Waals surface area contributed by atoms with Gasteiger partial charge in [-0.3, -0.25) is 4.79 Å². The van der Waals surface area contributed by atoms with Crippen molar-refractivity contribution >= 4 is 44.0 Å². The summed E-state index contributed by atoms with van der Waals surface area (Å²) >= 11 is 2.53. The number of thioether (sulfide) groups is 1. The van der Waals surface area contributed by atoms with Crippen molar-refractivity contribution in [3.8, 4) is 5.69 Å². The van der Waals surface area contributed by atoms with Gasteiger partial charge in [0.25, 0.3) is 0 Å². The number of nitrogens with two attached hydrogens (primary N) is 2. The first kappa shape index (κ1) is 19.5. The van der Waals surface area contributed by atoms with Crippen LogP contribution in [-0.4, -0.2) is 34.7 Å². The van der Waals surface area contributed by atoms with E-state index in [9.17, 15) is 13.2 Å². The molecule has 0 aliphatic rings. The summed E-state index contributed by atoms with van der Waals surface area (Å²) in [5.41, 5.74) is 8.54. The summed E-state index contributed by atoms with van der Waals surface area (Å²) in [6.45, 7) is 3.73. The molecule has 0 aliphatic carbocycles. The summed E-state index contributed by atoms with van der Waals surface area (Å²) in [5, 5.41) is 13.1. The normalized spacial score (nSPS) is 11.7. The van der Waals surface area contributed by atoms with Gasteiger partial charge in [0.15, 0.2) is 10.1 Å². The second-order valence-corrected chi connectivity index (χ2v) is 9.57. The molecule has 0 bridgehead atoms. The fourth-order valence-corrected chi connectivity index (χ4v) is 4.75. The van der Waals surface area contributed by atoms with Crippen molar-refractivity contribution in [2.24, 2.45) is 5.14 Å². The molecule has 0 amide bonds. The van der Waals surface area contributed by atoms with Gasteiger partial charge in [-0.25, -0.2) is 13.6 Å². The quantitative estimate of drug-likeness (QED) is 0.458. The third-order valence-electron chi connectivity index (χ3n) is 3.90. The number of nitrogen functional groups attached to an aromatic ring is 1. The molecule has 0 radical (unpaired) electrons. The number of primary sulfonamides is 1. The van der Waals surface area contributed by atoms with Crippen molar-refractivity contribution in [2.45, 2.75) is 23.1 Å². The highest BCUT2D eigenvalue weighted by Gasteiger charge is 2.18. The van der Waals surface area contributed by atoms with Crippen molar-refractivity contribution in [3.63, 3.8) is 0 Å². The van der Waals surface area contributed by atoms with Gasteiger partial charge >= 0.3 is 0 Å². The zero-order valence-corrected chi connectivity index (χ0v) is 17.0. The van der Waals surface area contributed by atoms with Crippen LogP contribution in [-0.2, 0) is 10.0 Å². The molecule has 0 fully saturated rings. The lowest BCUT2D eigenvalue weighted by Gasteiger charge is -2.10. The highest BCUT2D eigenvalue weighted by Crippen LogP contribution is 2.27. The lowest BCUT2D eigenvalue weighted by molar-refractivity contribution is 0.102. The molecule has 11 heteroatoms. The fraction of sp³-hybridized carbons (Fsp3) is 0.188. The van der Waals surface area contributed by atoms with E-state index >= 15 is 0 Å². The number of rotatable bonds is 6. The lowest BCUT2D eigenvalue weighted by atomic mass is 10.2. The van der Waals surface area contributed by atoms with Crippen LogP contribution in [0.25, 0.3) is 5.69 Å². The zero-order chi connectivity index (χ0) is 19.8. The molecule has 3 rings (SSSR count). The maximum atomic E-state index is 12.6. The minimum Gasteiger partial charge on any atom is -0.374 e. The van der Waals surface area contributed by atoms with Crippen LogP contribution in [0, 0.1) is 13.8 Å². The van der Waals surface area contributed by atoms with Crippen LogP contribution in [0.3, 0.4) is 0 Å². The van der Waals surface area contributed by atoms with Gasteiger partial charge in [-0.1, -0.05) is 23.1 Å². The second-order valence-electron chi connectivity index (χ2n) is 5.78. The number of aromatic nitrogens is 3. The molecule has 0 saturated heterocycles. The molecule has 0 saturated carbocycles. The summed E-state index contributed by atoms with van der Waals surface area (Å²) in [7, 11) is -3.75. The van der Waals surface area contributed by atoms with E-state index in [2.05, 4.69) is 10.2 Å². The fourth-order valence-electron chi connectivity index (χ4n) is 2.71. The Hall–Kier alpha value is -2.21. The standard InChI is InChI=1S/C16H17N5O3S3/c1-9-7-13(14(22)8-25-16-20-19-15(17)26-16)10(2)21(9)11-3-5-12(6-4-11)27(18,23)24/h3-7H,8H2,1-2H3,(H2,17,19)(H2,18,23,24). The minimum absolute atomic E-state index is 0.0331. The van der Waals surface area contributed by atoms with Crippen LogP contribution in [0.5, 0.6) is 0 Å². The second kappa shape index (κ2) is 7.43. The monoisotopic (exact) mass is 423 g/mol. The van der Waals surface area contributed by atoms with Gasteiger partial charge in [0, 0.05) is 22.6 Å². The Kier molecular flexibility index (Phi) is 5.38. The van der Waals surface area contributed by atoms with Crippen LogP contribution in [0.1, 0.15) is 21.7 Å². The summed E-state index contributed by atoms with van der Waals surface area (Å²) in [6, 6.07) is 8.03. The average molecular weight is 424 g/mol. The number of anilines is 1. The van der Waals surface area contributed by atoms with E-state index in [1.807, 2.05) is 24.5 Å². The van der Waals surface area contributed by atoms with Crippen LogP contribution < -0.4 is 10.9 Å². The average Bonchev–Trinajstić information content (AvgIpc) is 3.15. The van der Waals surface area contributed by atoms with Crippen LogP contribution in [0.2, 0.25) is 0 Å². The maximum absolute atomic E-state index is 12.6. The molecule has 2 heterocycles. The molecule has 4 N–H and O–H groups in total. The molecule has 0 spiro atoms. The molecule has 142 valence electrons. The van der Waals surface area contributed by atoms with E-state index in [1.54, 1.807) is 12.1 Å². The summed E-state index contributed by atoms with van der Waals surface area (Å²) in [4.78, 5) is 12.7. The third-order valence-corrected chi connectivity index (χ3v) is 6.72. The Bertz CT molecular complexity index is 1100. The van der Waals surface area contributed by atoms with E-state index in [4.69, 9.17) is 10.9 Å². The topological polar surface area (TPSA) is 134 Å². The predicted octanol–water partition coefficient (Wildman–Crippen LogP) is 2.15. The molecule has 3 aromatic rings. The molecule has 27 heavy (non-hydrogen) atoms. The van der Waals surface area contributed by atoms with E-state index in [1.165, 1.54) is 35.2 Å². The van der Waals surface area contributed by atoms with Crippen molar-refractivity contribution in [3.05, 3.63) is 47.3 Å². The Balaban J connectivity index is 1.84. The lowest BCUT2D eigenvalue weighted by Crippen LogP contribution is -2.12. The Morgan fingerprint density at radius 2 is 1.89 bits per heavy atom. The molecular formula is C16H17N5O3S3. The maximum Gasteiger partial charge on any atom is 0.238 e. The van der Waals surface area contributed by atoms with Crippen molar-refractivity contribution in [1.29, 1.82) is 0 Å². The molecule has 8 nitrogen and oxygen atoms in total. The van der Waals surface area contributed by atoms with Crippen molar-refractivity contribution < 1.29 is 13.2 Å². The highest BCUT2D eigenvalue weighted by atomic mass is 32.2. The molecule has 0 aliphatic heterocycles. The van der Waals surface area contributed by atoms with Gasteiger partial charge in [-0.15, -0.1) is 10.2 Å². The SMILES string of the molecule is Cc1cc(C(=O)CSc2nnc(N)s2)c(C)n1-c1ccc(S(N)(=O)=O)cc1. The van der Waals surface area contributed by atoms with E-state index in [0.717, 1.165) is 17.1 Å². The number of carbonyl (C=O) groups excluding carboxylic acids is 1. The van der Waals surface area contributed by atoms with Crippen LogP contribution >= 0.6 is 23.1 Å². The van der Waals surface area contributed by atoms with Crippen molar-refractivity contribution in [2.75, 3.05) is 11.5 Å². The molecule has 0 atom stereocenters. The minimum atomic E-state index is -3.75. The first-order valence-corrected chi connectivity index (χ1v) is 11.1. The predicted molar refractivity (Wildman–Crippen MR) is 106 cm³/mol. The summed E-state index contributed by atoms with van der Waals surface area (Å²) < 4.78 is 25.4. The van der Waals surface area contributed by atoms with Gasteiger partial charge in [0.05, 0.1) is 10.6 Å². The number of hydrogen-bond acceptors (Lipinski definition) is 8. The summed E-state index contributed by atoms with van der Waals surface area (Å²) in [6.07, 6.45) is 0. The van der Waals surface area contributed by atoms with Gasteiger partial charge in [0.1, 0.15) is 0 Å². The molecule has 0 unspecified atom stereocenters. The van der Waals surface area contributed by atoms with E-state index in [0.29, 0.717) is 15.0 Å². The van der Waals surface area contributed by atoms with Gasteiger partial charge < -0.3 is 10.3 Å². The summed E-state index contributed by atoms with van der Waals surface area (Å²) in [5.74, 6) is 0.192. The number of aryl methyl sites for hydroxylation is 1. The van der Waals surface area contributed by atoms with E-state index in [-0.39, 0.29) is 16.4 Å². The number of benzene rings is 1. The van der Waals surface area contributed by atoms with Gasteiger partial charge in [-0.2, -0.15) is 0 Å². The number of ketones is 1. The third kappa shape index (κ3) is 4.21. The van der Waals surface area contributed by atoms with Gasteiger partial charge in [0.2, 0.25) is 15.2 Å². The molecule has 1 aromatic carbocycles. The molecular weight excluding hydrogens is 406 g/mol. The largest absolute Gasteiger partial charge is 0.374 e. The number of sulfonamides is 1. The Morgan fingerprint density at radius 1 is 1.22 bits per heavy atom. The van der Waals surface area contributed by atoms with Crippen molar-refractivity contribution in [1.82, 2.24) is 14.8 Å². The van der Waals surface area contributed by atoms with Crippen LogP contribution in [0.4, 0.5) is 5.13 Å². The first-order valence-electron chi connectivity index (χ1n) is 7.74. The number of hydrogen-bond donors (Lipinski definition) is 2. The Morgan fingerprint density at radius 3 is 2.44 bits per heavy atom. The van der Waals surface area contributed by atoms with E-state index < -0.39 is 10.0 Å². The zero-order valence-electron chi connectivity index (χ0n) is 14.5. The van der Waals surface area contributed by atoms with Gasteiger partial charge in [-0.05, 0) is 44.2 Å². The first-order chi connectivity index (χ1) is 12.7. The highest BCUT2D eigenvalue weighted by molar-refractivity contribution is 8.01. The Labute approximate surface area is 164 Å².